The second kappa shape index (κ2) is 6.64. The first-order valence-electron chi connectivity index (χ1n) is 8.56. The monoisotopic (exact) mass is 362 g/mol. The Hall–Kier alpha value is -3.54. The van der Waals surface area contributed by atoms with E-state index in [9.17, 15) is 9.59 Å². The number of aryl methyl sites for hydroxylation is 1. The molecular formula is C21H18N2O4. The Kier molecular flexibility index (Phi) is 4.16. The quantitative estimate of drug-likeness (QED) is 0.539. The van der Waals surface area contributed by atoms with Crippen LogP contribution in [-0.2, 0) is 4.79 Å². The highest BCUT2D eigenvalue weighted by Crippen LogP contribution is 2.24. The van der Waals surface area contributed by atoms with Gasteiger partial charge >= 0.3 is 5.63 Å². The van der Waals surface area contributed by atoms with Crippen molar-refractivity contribution < 1.29 is 13.9 Å². The molecule has 6 nitrogen and oxygen atoms in total. The number of rotatable bonds is 4. The average Bonchev–Trinajstić information content (AvgIpc) is 3.14. The number of aromatic nitrogens is 1. The van der Waals surface area contributed by atoms with Gasteiger partial charge in [0.15, 0.2) is 6.61 Å². The molecule has 27 heavy (non-hydrogen) atoms. The third-order valence-electron chi connectivity index (χ3n) is 4.67. The zero-order valence-electron chi connectivity index (χ0n) is 15.0. The van der Waals surface area contributed by atoms with Crippen LogP contribution < -0.4 is 15.7 Å². The van der Waals surface area contributed by atoms with Crippen LogP contribution in [0.1, 0.15) is 11.1 Å². The lowest BCUT2D eigenvalue weighted by molar-refractivity contribution is -0.118. The summed E-state index contributed by atoms with van der Waals surface area (Å²) < 4.78 is 10.9. The first-order chi connectivity index (χ1) is 13.0. The molecule has 0 saturated heterocycles. The number of hydrogen-bond donors (Lipinski definition) is 2. The summed E-state index contributed by atoms with van der Waals surface area (Å²) in [5, 5.41) is 4.63. The van der Waals surface area contributed by atoms with Crippen LogP contribution in [0.15, 0.2) is 57.9 Å². The number of carbonyl (C=O) groups is 1. The van der Waals surface area contributed by atoms with E-state index >= 15 is 0 Å². The molecule has 0 unspecified atom stereocenters. The van der Waals surface area contributed by atoms with Crippen molar-refractivity contribution in [3.63, 3.8) is 0 Å². The number of carbonyl (C=O) groups excluding carboxylic acids is 1. The van der Waals surface area contributed by atoms with Crippen LogP contribution in [0.4, 0.5) is 5.69 Å². The molecule has 2 aromatic carbocycles. The van der Waals surface area contributed by atoms with E-state index in [1.165, 1.54) is 0 Å². The Bertz CT molecular complexity index is 1220. The lowest BCUT2D eigenvalue weighted by Gasteiger charge is -2.10. The second-order valence-corrected chi connectivity index (χ2v) is 6.38. The van der Waals surface area contributed by atoms with Crippen molar-refractivity contribution in [3.05, 3.63) is 70.2 Å². The molecule has 2 N–H and O–H groups in total. The largest absolute Gasteiger partial charge is 0.484 e. The normalized spacial score (nSPS) is 11.0. The summed E-state index contributed by atoms with van der Waals surface area (Å²) in [7, 11) is 0. The maximum Gasteiger partial charge on any atom is 0.339 e. The molecule has 0 bridgehead atoms. The Balaban J connectivity index is 1.50. The molecule has 0 aliphatic rings. The van der Waals surface area contributed by atoms with Gasteiger partial charge in [-0.2, -0.15) is 0 Å². The van der Waals surface area contributed by atoms with Gasteiger partial charge in [-0.3, -0.25) is 4.79 Å². The van der Waals surface area contributed by atoms with Crippen LogP contribution in [0.3, 0.4) is 0 Å². The van der Waals surface area contributed by atoms with Crippen LogP contribution in [0, 0.1) is 13.8 Å². The van der Waals surface area contributed by atoms with Gasteiger partial charge in [-0.05, 0) is 49.7 Å². The van der Waals surface area contributed by atoms with Crippen LogP contribution in [0.25, 0.3) is 21.9 Å². The molecule has 6 heteroatoms. The van der Waals surface area contributed by atoms with Gasteiger partial charge in [-0.15, -0.1) is 0 Å². The van der Waals surface area contributed by atoms with E-state index in [2.05, 4.69) is 10.3 Å². The average molecular weight is 362 g/mol. The minimum absolute atomic E-state index is 0.151. The fourth-order valence-corrected chi connectivity index (χ4v) is 3.05. The van der Waals surface area contributed by atoms with Crippen molar-refractivity contribution in [1.29, 1.82) is 0 Å². The molecule has 0 fully saturated rings. The van der Waals surface area contributed by atoms with Gasteiger partial charge in [0.1, 0.15) is 11.3 Å². The number of nitrogens with one attached hydrogen (secondary N) is 2. The molecule has 0 atom stereocenters. The highest BCUT2D eigenvalue weighted by Gasteiger charge is 2.10. The molecule has 1 amide bonds. The number of amides is 1. The zero-order chi connectivity index (χ0) is 19.0. The van der Waals surface area contributed by atoms with Crippen molar-refractivity contribution in [2.24, 2.45) is 0 Å². The summed E-state index contributed by atoms with van der Waals surface area (Å²) in [6.07, 6.45) is 1.82. The first-order valence-corrected chi connectivity index (χ1v) is 8.56. The molecule has 136 valence electrons. The third kappa shape index (κ3) is 3.17. The van der Waals surface area contributed by atoms with E-state index in [4.69, 9.17) is 9.15 Å². The maximum absolute atomic E-state index is 12.2. The Morgan fingerprint density at radius 3 is 2.81 bits per heavy atom. The molecular weight excluding hydrogens is 344 g/mol. The van der Waals surface area contributed by atoms with Crippen molar-refractivity contribution in [2.75, 3.05) is 11.9 Å². The van der Waals surface area contributed by atoms with E-state index < -0.39 is 0 Å². The molecule has 2 heterocycles. The van der Waals surface area contributed by atoms with E-state index in [1.54, 1.807) is 19.1 Å². The van der Waals surface area contributed by atoms with Gasteiger partial charge in [0.05, 0.1) is 5.69 Å². The molecule has 0 radical (unpaired) electrons. The number of benzene rings is 2. The lowest BCUT2D eigenvalue weighted by atomic mass is 10.1. The standard InChI is InChI=1S/C21H18N2O4/c1-12-13(2)21(25)27-19-10-14(6-7-15(12)19)26-11-20(24)23-18-5-3-4-17-16(18)8-9-22-17/h3-10,22H,11H2,1-2H3,(H,23,24). The van der Waals surface area contributed by atoms with E-state index in [0.29, 0.717) is 16.9 Å². The van der Waals surface area contributed by atoms with Gasteiger partial charge in [0.25, 0.3) is 5.91 Å². The summed E-state index contributed by atoms with van der Waals surface area (Å²) in [6, 6.07) is 12.8. The number of aromatic amines is 1. The molecule has 4 rings (SSSR count). The van der Waals surface area contributed by atoms with Crippen LogP contribution in [-0.4, -0.2) is 17.5 Å². The Labute approximate surface area is 154 Å². The fraction of sp³-hybridized carbons (Fsp3) is 0.143. The summed E-state index contributed by atoms with van der Waals surface area (Å²) in [6.45, 7) is 3.46. The molecule has 0 saturated carbocycles. The van der Waals surface area contributed by atoms with Gasteiger partial charge in [-0.1, -0.05) is 6.07 Å². The second-order valence-electron chi connectivity index (χ2n) is 6.38. The van der Waals surface area contributed by atoms with E-state index in [-0.39, 0.29) is 18.1 Å². The number of anilines is 1. The summed E-state index contributed by atoms with van der Waals surface area (Å²) in [5.41, 5.74) is 3.22. The molecule has 2 aromatic heterocycles. The van der Waals surface area contributed by atoms with E-state index in [0.717, 1.165) is 27.5 Å². The fourth-order valence-electron chi connectivity index (χ4n) is 3.05. The molecule has 0 aliphatic heterocycles. The van der Waals surface area contributed by atoms with Crippen LogP contribution in [0.5, 0.6) is 5.75 Å². The van der Waals surface area contributed by atoms with Crippen molar-refractivity contribution in [1.82, 2.24) is 4.98 Å². The minimum atomic E-state index is -0.366. The summed E-state index contributed by atoms with van der Waals surface area (Å²) >= 11 is 0. The third-order valence-corrected chi connectivity index (χ3v) is 4.67. The highest BCUT2D eigenvalue weighted by molar-refractivity contribution is 6.01. The Morgan fingerprint density at radius 1 is 1.11 bits per heavy atom. The molecule has 0 spiro atoms. The van der Waals surface area contributed by atoms with Gasteiger partial charge < -0.3 is 19.5 Å². The predicted octanol–water partition coefficient (Wildman–Crippen LogP) is 3.91. The number of fused-ring (bicyclic) bond motifs is 2. The van der Waals surface area contributed by atoms with Gasteiger partial charge in [0, 0.05) is 34.1 Å². The lowest BCUT2D eigenvalue weighted by Crippen LogP contribution is -2.20. The van der Waals surface area contributed by atoms with Crippen molar-refractivity contribution >= 4 is 33.5 Å². The topological polar surface area (TPSA) is 84.3 Å². The summed E-state index contributed by atoms with van der Waals surface area (Å²) in [5.74, 6) is 0.189. The smallest absolute Gasteiger partial charge is 0.339 e. The van der Waals surface area contributed by atoms with Gasteiger partial charge in [0.2, 0.25) is 0 Å². The van der Waals surface area contributed by atoms with Crippen LogP contribution >= 0.6 is 0 Å². The highest BCUT2D eigenvalue weighted by atomic mass is 16.5. The van der Waals surface area contributed by atoms with Gasteiger partial charge in [-0.25, -0.2) is 4.79 Å². The zero-order valence-corrected chi connectivity index (χ0v) is 15.0. The molecule has 4 aromatic rings. The Morgan fingerprint density at radius 2 is 1.96 bits per heavy atom. The minimum Gasteiger partial charge on any atom is -0.484 e. The van der Waals surface area contributed by atoms with E-state index in [1.807, 2.05) is 43.5 Å². The first kappa shape index (κ1) is 16.9. The van der Waals surface area contributed by atoms with Crippen molar-refractivity contribution in [3.8, 4) is 5.75 Å². The number of hydrogen-bond acceptors (Lipinski definition) is 4. The van der Waals surface area contributed by atoms with Crippen LogP contribution in [0.2, 0.25) is 0 Å². The SMILES string of the molecule is Cc1c(C)c2ccc(OCC(=O)Nc3cccc4[nH]ccc34)cc2oc1=O. The maximum atomic E-state index is 12.2. The predicted molar refractivity (Wildman–Crippen MR) is 104 cm³/mol. The number of H-pyrrole nitrogens is 1. The number of ether oxygens (including phenoxy) is 1. The molecule has 0 aliphatic carbocycles. The van der Waals surface area contributed by atoms with Crippen molar-refractivity contribution in [2.45, 2.75) is 13.8 Å². The summed E-state index contributed by atoms with van der Waals surface area (Å²) in [4.78, 5) is 27.2.